The summed E-state index contributed by atoms with van der Waals surface area (Å²) < 4.78 is 32.0. The molecular weight excluding hydrogens is 370 g/mol. The molecule has 0 aliphatic heterocycles. The minimum absolute atomic E-state index is 0.0933. The zero-order valence-corrected chi connectivity index (χ0v) is 16.2. The molecule has 2 aromatic carbocycles. The lowest BCUT2D eigenvalue weighted by Gasteiger charge is -2.10. The number of nitrogens with zero attached hydrogens (tertiary/aromatic N) is 1. The van der Waals surface area contributed by atoms with Crippen molar-refractivity contribution < 1.29 is 13.2 Å². The summed E-state index contributed by atoms with van der Waals surface area (Å²) in [6.45, 7) is 4.32. The van der Waals surface area contributed by atoms with Gasteiger partial charge in [-0.05, 0) is 43.7 Å². The van der Waals surface area contributed by atoms with E-state index < -0.39 is 26.4 Å². The van der Waals surface area contributed by atoms with Crippen molar-refractivity contribution in [2.75, 3.05) is 13.2 Å². The van der Waals surface area contributed by atoms with Gasteiger partial charge in [0.05, 0.1) is 22.8 Å². The first-order chi connectivity index (χ1) is 12.4. The van der Waals surface area contributed by atoms with E-state index >= 15 is 0 Å². The maximum Gasteiger partial charge on any atom is 0.183 e. The fourth-order valence-corrected chi connectivity index (χ4v) is 5.92. The summed E-state index contributed by atoms with van der Waals surface area (Å²) >= 11 is 5.88. The van der Waals surface area contributed by atoms with E-state index in [4.69, 9.17) is 16.3 Å². The molecule has 136 valence electrons. The Bertz CT molecular complexity index is 933. The normalized spacial score (nSPS) is 24.8. The van der Waals surface area contributed by atoms with E-state index in [9.17, 15) is 13.7 Å². The smallest absolute Gasteiger partial charge is 0.183 e. The molecule has 0 N–H and O–H groups in total. The zero-order valence-electron chi connectivity index (χ0n) is 14.6. The van der Waals surface area contributed by atoms with Crippen LogP contribution < -0.4 is 0 Å². The predicted molar refractivity (Wildman–Crippen MR) is 101 cm³/mol. The average Bonchev–Trinajstić information content (AvgIpc) is 3.31. The first-order valence-corrected chi connectivity index (χ1v) is 10.3. The summed E-state index contributed by atoms with van der Waals surface area (Å²) in [5.74, 6) is -0.416. The van der Waals surface area contributed by atoms with Crippen LogP contribution in [0.15, 0.2) is 53.4 Å². The van der Waals surface area contributed by atoms with Gasteiger partial charge in [0.15, 0.2) is 9.84 Å². The van der Waals surface area contributed by atoms with Crippen LogP contribution in [-0.2, 0) is 14.6 Å². The molecule has 0 saturated heterocycles. The Kier molecular flexibility index (Phi) is 5.12. The first-order valence-electron chi connectivity index (χ1n) is 8.42. The number of hydrogen-bond donors (Lipinski definition) is 0. The molecule has 6 heteroatoms. The Labute approximate surface area is 159 Å². The van der Waals surface area contributed by atoms with Gasteiger partial charge in [0.25, 0.3) is 0 Å². The molecule has 0 heterocycles. The number of rotatable bonds is 6. The third kappa shape index (κ3) is 3.14. The lowest BCUT2D eigenvalue weighted by molar-refractivity contribution is 0.117. The van der Waals surface area contributed by atoms with Gasteiger partial charge in [0.2, 0.25) is 0 Å². The van der Waals surface area contributed by atoms with Crippen molar-refractivity contribution in [1.29, 1.82) is 5.26 Å². The second-order valence-electron chi connectivity index (χ2n) is 6.60. The van der Waals surface area contributed by atoms with Crippen molar-refractivity contribution >= 4 is 21.4 Å². The van der Waals surface area contributed by atoms with Crippen LogP contribution in [0.2, 0.25) is 5.02 Å². The summed E-state index contributed by atoms with van der Waals surface area (Å²) in [7, 11) is -3.70. The molecule has 0 radical (unpaired) electrons. The topological polar surface area (TPSA) is 67.2 Å². The first kappa shape index (κ1) is 18.9. The van der Waals surface area contributed by atoms with Gasteiger partial charge in [-0.3, -0.25) is 0 Å². The largest absolute Gasteiger partial charge is 0.380 e. The second kappa shape index (κ2) is 7.03. The van der Waals surface area contributed by atoms with Crippen LogP contribution >= 0.6 is 11.6 Å². The summed E-state index contributed by atoms with van der Waals surface area (Å²) in [6.07, 6.45) is 0. The van der Waals surface area contributed by atoms with Crippen molar-refractivity contribution in [2.45, 2.75) is 29.9 Å². The number of aryl methyl sites for hydroxylation is 1. The number of hydrogen-bond acceptors (Lipinski definition) is 4. The highest BCUT2D eigenvalue weighted by Crippen LogP contribution is 2.63. The van der Waals surface area contributed by atoms with Crippen molar-refractivity contribution in [3.63, 3.8) is 0 Å². The molecule has 0 unspecified atom stereocenters. The van der Waals surface area contributed by atoms with Crippen LogP contribution in [0.5, 0.6) is 0 Å². The number of nitriles is 1. The molecule has 1 fully saturated rings. The van der Waals surface area contributed by atoms with Gasteiger partial charge in [-0.1, -0.05) is 41.4 Å². The van der Waals surface area contributed by atoms with E-state index in [0.29, 0.717) is 11.6 Å². The molecule has 1 aliphatic carbocycles. The second-order valence-corrected chi connectivity index (χ2v) is 9.10. The Morgan fingerprint density at radius 1 is 1.15 bits per heavy atom. The van der Waals surface area contributed by atoms with E-state index in [1.807, 2.05) is 38.1 Å². The molecule has 0 spiro atoms. The number of halogens is 1. The van der Waals surface area contributed by atoms with E-state index in [2.05, 4.69) is 6.07 Å². The summed E-state index contributed by atoms with van der Waals surface area (Å²) in [4.78, 5) is 0.178. The van der Waals surface area contributed by atoms with E-state index in [-0.39, 0.29) is 11.5 Å². The minimum Gasteiger partial charge on any atom is -0.380 e. The predicted octanol–water partition coefficient (Wildman–Crippen LogP) is 4.13. The lowest BCUT2D eigenvalue weighted by Crippen LogP contribution is -2.19. The molecule has 0 aromatic heterocycles. The van der Waals surface area contributed by atoms with Crippen LogP contribution in [0.1, 0.15) is 24.0 Å². The monoisotopic (exact) mass is 389 g/mol. The zero-order chi connectivity index (χ0) is 18.9. The molecule has 0 bridgehead atoms. The number of ether oxygens (including phenoxy) is 1. The maximum absolute atomic E-state index is 13.2. The number of sulfone groups is 1. The van der Waals surface area contributed by atoms with Crippen molar-refractivity contribution in [1.82, 2.24) is 0 Å². The molecule has 3 atom stereocenters. The molecule has 1 saturated carbocycles. The maximum atomic E-state index is 13.2. The Morgan fingerprint density at radius 2 is 1.77 bits per heavy atom. The minimum atomic E-state index is -3.70. The Morgan fingerprint density at radius 3 is 2.31 bits per heavy atom. The molecule has 26 heavy (non-hydrogen) atoms. The Hall–Kier alpha value is -1.87. The Balaban J connectivity index is 2.05. The van der Waals surface area contributed by atoms with E-state index in [1.165, 1.54) is 12.1 Å². The van der Waals surface area contributed by atoms with Crippen LogP contribution in [-0.4, -0.2) is 26.9 Å². The van der Waals surface area contributed by atoms with E-state index in [0.717, 1.165) is 11.1 Å². The van der Waals surface area contributed by atoms with Crippen molar-refractivity contribution in [2.24, 2.45) is 5.41 Å². The van der Waals surface area contributed by atoms with Gasteiger partial charge in [0, 0.05) is 17.5 Å². The molecular formula is C20H20ClNO3S. The van der Waals surface area contributed by atoms with Crippen molar-refractivity contribution in [3.05, 3.63) is 64.7 Å². The van der Waals surface area contributed by atoms with Gasteiger partial charge in [0.1, 0.15) is 5.41 Å². The quantitative estimate of drug-likeness (QED) is 0.744. The molecule has 3 rings (SSSR count). The fourth-order valence-electron chi connectivity index (χ4n) is 3.49. The van der Waals surface area contributed by atoms with Crippen LogP contribution in [0.25, 0.3) is 0 Å². The highest BCUT2D eigenvalue weighted by Gasteiger charge is 2.72. The molecule has 4 nitrogen and oxygen atoms in total. The lowest BCUT2D eigenvalue weighted by atomic mass is 10.0. The molecule has 2 aromatic rings. The SMILES string of the molecule is CCOC[C@]1(C#N)[C@H](c2ccc(C)cc2)[C@H]1S(=O)(=O)c1ccc(Cl)cc1. The standard InChI is InChI=1S/C20H20ClNO3S/c1-3-25-13-20(12-22)18(15-6-4-14(2)5-7-15)19(20)26(23,24)17-10-8-16(21)9-11-17/h4-11,18-19H,3,13H2,1-2H3/t18-,19-,20-/m1/s1. The van der Waals surface area contributed by atoms with Gasteiger partial charge >= 0.3 is 0 Å². The summed E-state index contributed by atoms with van der Waals surface area (Å²) in [6, 6.07) is 16.0. The van der Waals surface area contributed by atoms with Crippen LogP contribution in [0.3, 0.4) is 0 Å². The van der Waals surface area contributed by atoms with Gasteiger partial charge in [-0.2, -0.15) is 5.26 Å². The fraction of sp³-hybridized carbons (Fsp3) is 0.350. The third-order valence-corrected chi connectivity index (χ3v) is 7.47. The third-order valence-electron chi connectivity index (χ3n) is 4.92. The van der Waals surface area contributed by atoms with Crippen molar-refractivity contribution in [3.8, 4) is 6.07 Å². The summed E-state index contributed by atoms with van der Waals surface area (Å²) in [5, 5.41) is 9.51. The average molecular weight is 390 g/mol. The van der Waals surface area contributed by atoms with Gasteiger partial charge < -0.3 is 4.74 Å². The number of benzene rings is 2. The van der Waals surface area contributed by atoms with Gasteiger partial charge in [-0.25, -0.2) is 8.42 Å². The van der Waals surface area contributed by atoms with Crippen LogP contribution in [0, 0.1) is 23.7 Å². The highest BCUT2D eigenvalue weighted by atomic mass is 35.5. The summed E-state index contributed by atoms with van der Waals surface area (Å²) in [5.41, 5.74) is 0.849. The van der Waals surface area contributed by atoms with E-state index in [1.54, 1.807) is 12.1 Å². The molecule has 0 amide bonds. The highest BCUT2D eigenvalue weighted by molar-refractivity contribution is 7.92. The molecule has 1 aliphatic rings. The van der Waals surface area contributed by atoms with Gasteiger partial charge in [-0.15, -0.1) is 0 Å². The van der Waals surface area contributed by atoms with Crippen LogP contribution in [0.4, 0.5) is 0 Å².